The van der Waals surface area contributed by atoms with E-state index in [1.54, 1.807) is 0 Å². The van der Waals surface area contributed by atoms with Crippen molar-refractivity contribution in [3.8, 4) is 33.4 Å². The fraction of sp³-hybridized carbons (Fsp3) is 0.0244. The van der Waals surface area contributed by atoms with Gasteiger partial charge in [-0.3, -0.25) is 0 Å². The zero-order valence-electron chi connectivity index (χ0n) is 23.2. The molecule has 1 heterocycles. The first-order valence-corrected chi connectivity index (χ1v) is 14.5. The zero-order valence-corrected chi connectivity index (χ0v) is 23.2. The third-order valence-electron chi connectivity index (χ3n) is 9.01. The summed E-state index contributed by atoms with van der Waals surface area (Å²) in [5.41, 5.74) is 10.5. The number of benzene rings is 8. The van der Waals surface area contributed by atoms with Crippen LogP contribution in [-0.2, 0) is 0 Å². The van der Waals surface area contributed by atoms with Crippen LogP contribution in [0.25, 0.3) is 87.6 Å². The fourth-order valence-electron chi connectivity index (χ4n) is 6.97. The number of hydrogen-bond donors (Lipinski definition) is 0. The van der Waals surface area contributed by atoms with Crippen LogP contribution in [0.2, 0.25) is 0 Å². The molecule has 0 radical (unpaired) electrons. The summed E-state index contributed by atoms with van der Waals surface area (Å²) < 4.78 is 6.32. The predicted octanol–water partition coefficient (Wildman–Crippen LogP) is 11.8. The van der Waals surface area contributed by atoms with Crippen molar-refractivity contribution in [1.29, 1.82) is 0 Å². The van der Waals surface area contributed by atoms with Gasteiger partial charge in [-0.2, -0.15) is 0 Å². The summed E-state index contributed by atoms with van der Waals surface area (Å²) in [7, 11) is 0. The van der Waals surface area contributed by atoms with E-state index in [2.05, 4.69) is 134 Å². The van der Waals surface area contributed by atoms with Gasteiger partial charge >= 0.3 is 0 Å². The minimum absolute atomic E-state index is 0.927. The summed E-state index contributed by atoms with van der Waals surface area (Å²) in [5.74, 6) is 0. The van der Waals surface area contributed by atoms with Gasteiger partial charge in [-0.1, -0.05) is 133 Å². The standard InChI is InChI=1S/C41H26O/c1-25-7-2-3-8-30(25)33-22-18-29-19-23-35-31(21-17-28-20-24-36(33)40(29)39(28)35)26-13-15-27(16-14-26)32-10-6-11-37-34-9-4-5-12-38(34)42-41(32)37/h2-24H,1H3. The predicted molar refractivity (Wildman–Crippen MR) is 178 cm³/mol. The van der Waals surface area contributed by atoms with E-state index in [1.165, 1.54) is 60.1 Å². The molecule has 8 aromatic carbocycles. The number of aryl methyl sites for hydroxylation is 1. The Morgan fingerprint density at radius 1 is 0.381 bits per heavy atom. The van der Waals surface area contributed by atoms with E-state index in [0.29, 0.717) is 0 Å². The molecule has 9 aromatic rings. The zero-order chi connectivity index (χ0) is 27.8. The van der Waals surface area contributed by atoms with Crippen molar-refractivity contribution >= 4 is 54.3 Å². The van der Waals surface area contributed by atoms with Crippen LogP contribution in [0.4, 0.5) is 0 Å². The maximum Gasteiger partial charge on any atom is 0.143 e. The molecule has 0 aliphatic carbocycles. The molecule has 42 heavy (non-hydrogen) atoms. The molecule has 196 valence electrons. The van der Waals surface area contributed by atoms with Crippen molar-refractivity contribution in [1.82, 2.24) is 0 Å². The molecule has 0 aliphatic heterocycles. The summed E-state index contributed by atoms with van der Waals surface area (Å²) >= 11 is 0. The average Bonchev–Trinajstić information content (AvgIpc) is 3.43. The lowest BCUT2D eigenvalue weighted by Gasteiger charge is -2.17. The summed E-state index contributed by atoms with van der Waals surface area (Å²) in [5, 5.41) is 10.2. The molecule has 0 fully saturated rings. The first kappa shape index (κ1) is 23.3. The van der Waals surface area contributed by atoms with Crippen LogP contribution < -0.4 is 0 Å². The van der Waals surface area contributed by atoms with Crippen molar-refractivity contribution in [2.75, 3.05) is 0 Å². The third-order valence-corrected chi connectivity index (χ3v) is 9.01. The lowest BCUT2D eigenvalue weighted by Crippen LogP contribution is -1.90. The Kier molecular flexibility index (Phi) is 4.88. The lowest BCUT2D eigenvalue weighted by atomic mass is 9.86. The average molecular weight is 535 g/mol. The van der Waals surface area contributed by atoms with Crippen LogP contribution in [0.5, 0.6) is 0 Å². The molecule has 0 spiro atoms. The second kappa shape index (κ2) is 8.80. The number of rotatable bonds is 3. The molecule has 0 amide bonds. The Labute approximate surface area is 243 Å². The van der Waals surface area contributed by atoms with E-state index in [4.69, 9.17) is 4.42 Å². The van der Waals surface area contributed by atoms with Crippen LogP contribution in [0.1, 0.15) is 5.56 Å². The van der Waals surface area contributed by atoms with Crippen LogP contribution in [-0.4, -0.2) is 0 Å². The molecule has 0 saturated carbocycles. The maximum atomic E-state index is 6.32. The van der Waals surface area contributed by atoms with Gasteiger partial charge in [0.15, 0.2) is 0 Å². The molecule has 1 nitrogen and oxygen atoms in total. The number of fused-ring (bicyclic) bond motifs is 3. The highest BCUT2D eigenvalue weighted by molar-refractivity contribution is 6.27. The SMILES string of the molecule is Cc1ccccc1-c1ccc2ccc3c(-c4ccc(-c5cccc6c5oc5ccccc56)cc4)ccc4ccc1c2c43. The molecular weight excluding hydrogens is 508 g/mol. The van der Waals surface area contributed by atoms with Gasteiger partial charge in [0.1, 0.15) is 11.2 Å². The molecule has 1 aromatic heterocycles. The second-order valence-electron chi connectivity index (χ2n) is 11.3. The van der Waals surface area contributed by atoms with E-state index in [-0.39, 0.29) is 0 Å². The van der Waals surface area contributed by atoms with Gasteiger partial charge < -0.3 is 4.42 Å². The van der Waals surface area contributed by atoms with Crippen LogP contribution in [0.3, 0.4) is 0 Å². The molecule has 0 bridgehead atoms. The quantitative estimate of drug-likeness (QED) is 0.205. The highest BCUT2D eigenvalue weighted by Crippen LogP contribution is 2.43. The number of hydrogen-bond acceptors (Lipinski definition) is 1. The minimum Gasteiger partial charge on any atom is -0.455 e. The second-order valence-corrected chi connectivity index (χ2v) is 11.3. The van der Waals surface area contributed by atoms with Gasteiger partial charge in [0.2, 0.25) is 0 Å². The largest absolute Gasteiger partial charge is 0.455 e. The Morgan fingerprint density at radius 3 is 1.71 bits per heavy atom. The van der Waals surface area contributed by atoms with E-state index >= 15 is 0 Å². The third kappa shape index (κ3) is 3.31. The smallest absolute Gasteiger partial charge is 0.143 e. The van der Waals surface area contributed by atoms with E-state index in [9.17, 15) is 0 Å². The van der Waals surface area contributed by atoms with Gasteiger partial charge in [0.25, 0.3) is 0 Å². The molecule has 9 rings (SSSR count). The van der Waals surface area contributed by atoms with Gasteiger partial charge in [-0.15, -0.1) is 0 Å². The van der Waals surface area contributed by atoms with Gasteiger partial charge in [-0.25, -0.2) is 0 Å². The molecule has 0 atom stereocenters. The van der Waals surface area contributed by atoms with Crippen molar-refractivity contribution in [2.24, 2.45) is 0 Å². The topological polar surface area (TPSA) is 13.1 Å². The highest BCUT2D eigenvalue weighted by Gasteiger charge is 2.16. The maximum absolute atomic E-state index is 6.32. The molecule has 0 N–H and O–H groups in total. The fourth-order valence-corrected chi connectivity index (χ4v) is 6.97. The van der Waals surface area contributed by atoms with Gasteiger partial charge in [-0.05, 0) is 78.7 Å². The summed E-state index contributed by atoms with van der Waals surface area (Å²) in [4.78, 5) is 0. The van der Waals surface area contributed by atoms with Gasteiger partial charge in [0.05, 0.1) is 0 Å². The van der Waals surface area contributed by atoms with Crippen LogP contribution in [0, 0.1) is 6.92 Å². The summed E-state index contributed by atoms with van der Waals surface area (Å²) in [6.07, 6.45) is 0. The Morgan fingerprint density at radius 2 is 0.952 bits per heavy atom. The van der Waals surface area contributed by atoms with E-state index < -0.39 is 0 Å². The monoisotopic (exact) mass is 534 g/mol. The van der Waals surface area contributed by atoms with Gasteiger partial charge in [0, 0.05) is 16.3 Å². The van der Waals surface area contributed by atoms with Crippen molar-refractivity contribution in [2.45, 2.75) is 6.92 Å². The molecule has 0 unspecified atom stereocenters. The van der Waals surface area contributed by atoms with E-state index in [0.717, 1.165) is 33.1 Å². The number of para-hydroxylation sites is 2. The first-order chi connectivity index (χ1) is 20.7. The highest BCUT2D eigenvalue weighted by atomic mass is 16.3. The van der Waals surface area contributed by atoms with Crippen LogP contribution >= 0.6 is 0 Å². The molecule has 0 aliphatic rings. The van der Waals surface area contributed by atoms with E-state index in [1.807, 2.05) is 12.1 Å². The Bertz CT molecular complexity index is 2460. The van der Waals surface area contributed by atoms with Crippen molar-refractivity contribution < 1.29 is 4.42 Å². The lowest BCUT2D eigenvalue weighted by molar-refractivity contribution is 0.670. The summed E-state index contributed by atoms with van der Waals surface area (Å²) in [6, 6.07) is 50.6. The first-order valence-electron chi connectivity index (χ1n) is 14.5. The number of furan rings is 1. The molecular formula is C41H26O. The Balaban J connectivity index is 1.21. The normalized spacial score (nSPS) is 11.9. The van der Waals surface area contributed by atoms with Crippen LogP contribution in [0.15, 0.2) is 144 Å². The van der Waals surface area contributed by atoms with Crippen molar-refractivity contribution in [3.63, 3.8) is 0 Å². The summed E-state index contributed by atoms with van der Waals surface area (Å²) in [6.45, 7) is 2.20. The minimum atomic E-state index is 0.927. The molecule has 1 heteroatoms. The molecule has 0 saturated heterocycles. The Hall–Kier alpha value is -5.40. The van der Waals surface area contributed by atoms with Crippen molar-refractivity contribution in [3.05, 3.63) is 145 Å².